The van der Waals surface area contributed by atoms with Crippen molar-refractivity contribution >= 4 is 5.97 Å². The van der Waals surface area contributed by atoms with Gasteiger partial charge in [0.25, 0.3) is 0 Å². The Hall–Kier alpha value is -0.570. The molecule has 3 heteroatoms. The van der Waals surface area contributed by atoms with Gasteiger partial charge in [0.15, 0.2) is 0 Å². The second-order valence-electron chi connectivity index (χ2n) is 5.25. The molecule has 1 fully saturated rings. The van der Waals surface area contributed by atoms with E-state index in [2.05, 4.69) is 19.2 Å². The number of carbonyl (C=O) groups is 1. The van der Waals surface area contributed by atoms with E-state index in [0.717, 1.165) is 6.42 Å². The van der Waals surface area contributed by atoms with Gasteiger partial charge in [-0.2, -0.15) is 0 Å². The highest BCUT2D eigenvalue weighted by molar-refractivity contribution is 5.73. The molecule has 0 radical (unpaired) electrons. The van der Waals surface area contributed by atoms with Gasteiger partial charge in [0.05, 0.1) is 0 Å². The van der Waals surface area contributed by atoms with Gasteiger partial charge in [0, 0.05) is 6.04 Å². The Morgan fingerprint density at radius 2 is 2.20 bits per heavy atom. The summed E-state index contributed by atoms with van der Waals surface area (Å²) in [5.74, 6) is -0.723. The molecule has 2 atom stereocenters. The van der Waals surface area contributed by atoms with Crippen LogP contribution in [0.15, 0.2) is 0 Å². The molecule has 0 aromatic carbocycles. The maximum Gasteiger partial charge on any atom is 0.320 e. The first kappa shape index (κ1) is 12.5. The molecule has 0 heterocycles. The van der Waals surface area contributed by atoms with Crippen LogP contribution in [0.4, 0.5) is 0 Å². The molecule has 1 aliphatic carbocycles. The summed E-state index contributed by atoms with van der Waals surface area (Å²) in [7, 11) is 0. The molecule has 1 rings (SSSR count). The monoisotopic (exact) mass is 213 g/mol. The summed E-state index contributed by atoms with van der Waals surface area (Å²) in [4.78, 5) is 11.0. The molecular weight excluding hydrogens is 190 g/mol. The number of carboxylic acid groups (broad SMARTS) is 1. The summed E-state index contributed by atoms with van der Waals surface area (Å²) in [6.07, 6.45) is 5.45. The third-order valence-corrected chi connectivity index (χ3v) is 3.62. The first-order chi connectivity index (χ1) is 6.97. The standard InChI is InChI=1S/C12H23NO2/c1-4-9(11(14)15)13-10-7-5-6-8-12(10,2)3/h9-10,13H,4-8H2,1-3H3,(H,14,15). The van der Waals surface area contributed by atoms with Crippen LogP contribution >= 0.6 is 0 Å². The lowest BCUT2D eigenvalue weighted by molar-refractivity contribution is -0.140. The van der Waals surface area contributed by atoms with Gasteiger partial charge in [-0.15, -0.1) is 0 Å². The van der Waals surface area contributed by atoms with Crippen LogP contribution in [-0.4, -0.2) is 23.2 Å². The van der Waals surface area contributed by atoms with Crippen molar-refractivity contribution < 1.29 is 9.90 Å². The Kier molecular flexibility index (Phi) is 4.14. The Bertz CT molecular complexity index is 226. The van der Waals surface area contributed by atoms with Crippen molar-refractivity contribution in [3.05, 3.63) is 0 Å². The maximum atomic E-state index is 11.0. The molecule has 15 heavy (non-hydrogen) atoms. The fraction of sp³-hybridized carbons (Fsp3) is 0.917. The normalized spacial score (nSPS) is 27.3. The molecule has 2 unspecified atom stereocenters. The first-order valence-corrected chi connectivity index (χ1v) is 5.96. The summed E-state index contributed by atoms with van der Waals surface area (Å²) in [6, 6.07) is -0.0281. The molecule has 88 valence electrons. The SMILES string of the molecule is CCC(NC1CCCCC1(C)C)C(=O)O. The van der Waals surface area contributed by atoms with Crippen molar-refractivity contribution in [2.45, 2.75) is 65.0 Å². The van der Waals surface area contributed by atoms with Crippen molar-refractivity contribution in [1.29, 1.82) is 0 Å². The Balaban J connectivity index is 2.58. The lowest BCUT2D eigenvalue weighted by Crippen LogP contribution is -2.51. The Morgan fingerprint density at radius 3 is 2.67 bits per heavy atom. The largest absolute Gasteiger partial charge is 0.480 e. The second-order valence-corrected chi connectivity index (χ2v) is 5.25. The number of aliphatic carboxylic acids is 1. The molecule has 2 N–H and O–H groups in total. The van der Waals surface area contributed by atoms with Crippen molar-refractivity contribution in [2.24, 2.45) is 5.41 Å². The van der Waals surface area contributed by atoms with Gasteiger partial charge in [-0.3, -0.25) is 4.79 Å². The third-order valence-electron chi connectivity index (χ3n) is 3.62. The summed E-state index contributed by atoms with van der Waals surface area (Å²) in [5.41, 5.74) is 0.237. The Morgan fingerprint density at radius 1 is 1.53 bits per heavy atom. The van der Waals surface area contributed by atoms with Crippen molar-refractivity contribution in [2.75, 3.05) is 0 Å². The highest BCUT2D eigenvalue weighted by Gasteiger charge is 2.34. The van der Waals surface area contributed by atoms with Crippen LogP contribution in [0.25, 0.3) is 0 Å². The third kappa shape index (κ3) is 3.20. The van der Waals surface area contributed by atoms with E-state index >= 15 is 0 Å². The van der Waals surface area contributed by atoms with Crippen LogP contribution in [0.1, 0.15) is 52.9 Å². The number of nitrogens with one attached hydrogen (secondary N) is 1. The van der Waals surface area contributed by atoms with Crippen LogP contribution in [0.3, 0.4) is 0 Å². The van der Waals surface area contributed by atoms with E-state index in [1.807, 2.05) is 6.92 Å². The zero-order valence-electron chi connectivity index (χ0n) is 10.0. The van der Waals surface area contributed by atoms with Crippen LogP contribution in [0.5, 0.6) is 0 Å². The lowest BCUT2D eigenvalue weighted by atomic mass is 9.73. The summed E-state index contributed by atoms with van der Waals surface area (Å²) >= 11 is 0. The minimum Gasteiger partial charge on any atom is -0.480 e. The molecule has 1 aliphatic rings. The van der Waals surface area contributed by atoms with Crippen LogP contribution in [0, 0.1) is 5.41 Å². The van der Waals surface area contributed by atoms with E-state index in [0.29, 0.717) is 12.5 Å². The van der Waals surface area contributed by atoms with Crippen molar-refractivity contribution in [3.63, 3.8) is 0 Å². The minimum atomic E-state index is -0.723. The van der Waals surface area contributed by atoms with Gasteiger partial charge in [-0.1, -0.05) is 33.6 Å². The van der Waals surface area contributed by atoms with E-state index < -0.39 is 5.97 Å². The average Bonchev–Trinajstić information content (AvgIpc) is 2.15. The van der Waals surface area contributed by atoms with Crippen LogP contribution in [0.2, 0.25) is 0 Å². The van der Waals surface area contributed by atoms with Crippen LogP contribution < -0.4 is 5.32 Å². The molecule has 0 bridgehead atoms. The number of carboxylic acids is 1. The van der Waals surface area contributed by atoms with Gasteiger partial charge in [-0.05, 0) is 24.7 Å². The van der Waals surface area contributed by atoms with Gasteiger partial charge in [0.1, 0.15) is 6.04 Å². The van der Waals surface area contributed by atoms with E-state index in [-0.39, 0.29) is 11.5 Å². The Labute approximate surface area is 92.3 Å². The van der Waals surface area contributed by atoms with Crippen molar-refractivity contribution in [3.8, 4) is 0 Å². The molecule has 3 nitrogen and oxygen atoms in total. The van der Waals surface area contributed by atoms with Gasteiger partial charge in [-0.25, -0.2) is 0 Å². The lowest BCUT2D eigenvalue weighted by Gasteiger charge is -2.40. The molecule has 0 aromatic rings. The van der Waals surface area contributed by atoms with Crippen molar-refractivity contribution in [1.82, 2.24) is 5.32 Å². The average molecular weight is 213 g/mol. The van der Waals surface area contributed by atoms with E-state index in [4.69, 9.17) is 5.11 Å². The first-order valence-electron chi connectivity index (χ1n) is 5.96. The highest BCUT2D eigenvalue weighted by Crippen LogP contribution is 2.35. The number of hydrogen-bond donors (Lipinski definition) is 2. The number of rotatable bonds is 4. The maximum absolute atomic E-state index is 11.0. The molecule has 0 spiro atoms. The quantitative estimate of drug-likeness (QED) is 0.754. The molecule has 0 aliphatic heterocycles. The minimum absolute atomic E-state index is 0.237. The molecule has 0 saturated heterocycles. The smallest absolute Gasteiger partial charge is 0.320 e. The fourth-order valence-corrected chi connectivity index (χ4v) is 2.41. The molecular formula is C12H23NO2. The zero-order chi connectivity index (χ0) is 11.5. The molecule has 0 amide bonds. The molecule has 0 aromatic heterocycles. The topological polar surface area (TPSA) is 49.3 Å². The zero-order valence-corrected chi connectivity index (χ0v) is 10.0. The fourth-order valence-electron chi connectivity index (χ4n) is 2.41. The predicted molar refractivity (Wildman–Crippen MR) is 60.9 cm³/mol. The van der Waals surface area contributed by atoms with Crippen LogP contribution in [-0.2, 0) is 4.79 Å². The van der Waals surface area contributed by atoms with E-state index in [9.17, 15) is 4.79 Å². The molecule has 1 saturated carbocycles. The van der Waals surface area contributed by atoms with E-state index in [1.54, 1.807) is 0 Å². The second kappa shape index (κ2) is 4.97. The van der Waals surface area contributed by atoms with E-state index in [1.165, 1.54) is 19.3 Å². The predicted octanol–water partition coefficient (Wildman–Crippen LogP) is 2.41. The number of hydrogen-bond acceptors (Lipinski definition) is 2. The summed E-state index contributed by atoms with van der Waals surface area (Å²) in [6.45, 7) is 6.39. The highest BCUT2D eigenvalue weighted by atomic mass is 16.4. The summed E-state index contributed by atoms with van der Waals surface area (Å²) < 4.78 is 0. The van der Waals surface area contributed by atoms with Gasteiger partial charge >= 0.3 is 5.97 Å². The van der Waals surface area contributed by atoms with Gasteiger partial charge in [0.2, 0.25) is 0 Å². The summed E-state index contributed by atoms with van der Waals surface area (Å²) in [5, 5.41) is 12.3. The van der Waals surface area contributed by atoms with Gasteiger partial charge < -0.3 is 10.4 Å².